The van der Waals surface area contributed by atoms with Gasteiger partial charge in [0.2, 0.25) is 11.4 Å². The SMILES string of the molecule is Cc1ccc2c(oc3nc(-c4ccc(-c5ccccc5)cc4)c(F)cc32)c1-c1cc(CC(C)(C)C)cc[n+]1C. The Balaban J connectivity index is 1.48. The quantitative estimate of drug-likeness (QED) is 0.220. The fraction of sp³-hybridized carbons (Fsp3) is 0.200. The van der Waals surface area contributed by atoms with Crippen LogP contribution >= 0.6 is 0 Å². The maximum Gasteiger partial charge on any atom is 0.228 e. The number of aromatic nitrogens is 2. The molecule has 0 saturated heterocycles. The lowest BCUT2D eigenvalue weighted by Gasteiger charge is -2.18. The first kappa shape index (κ1) is 25.0. The Kier molecular flexibility index (Phi) is 6.06. The Bertz CT molecular complexity index is 1830. The van der Waals surface area contributed by atoms with Gasteiger partial charge in [-0.3, -0.25) is 0 Å². The summed E-state index contributed by atoms with van der Waals surface area (Å²) < 4.78 is 24.1. The first-order valence-corrected chi connectivity index (χ1v) is 13.4. The minimum Gasteiger partial charge on any atom is -0.437 e. The molecule has 0 radical (unpaired) electrons. The molecule has 6 aromatic rings. The van der Waals surface area contributed by atoms with E-state index in [2.05, 4.69) is 73.8 Å². The van der Waals surface area contributed by atoms with Crippen LogP contribution in [-0.4, -0.2) is 4.98 Å². The Morgan fingerprint density at radius 3 is 2.23 bits per heavy atom. The monoisotopic (exact) mass is 515 g/mol. The molecule has 0 aliphatic heterocycles. The molecule has 3 aromatic heterocycles. The van der Waals surface area contributed by atoms with Crippen molar-refractivity contribution >= 4 is 22.1 Å². The summed E-state index contributed by atoms with van der Waals surface area (Å²) in [6.45, 7) is 8.83. The van der Waals surface area contributed by atoms with Gasteiger partial charge in [-0.05, 0) is 47.1 Å². The molecular weight excluding hydrogens is 483 g/mol. The highest BCUT2D eigenvalue weighted by Gasteiger charge is 2.24. The predicted molar refractivity (Wildman–Crippen MR) is 157 cm³/mol. The van der Waals surface area contributed by atoms with E-state index in [1.165, 1.54) is 5.56 Å². The molecule has 0 saturated carbocycles. The number of pyridine rings is 2. The first-order valence-electron chi connectivity index (χ1n) is 13.4. The van der Waals surface area contributed by atoms with Crippen molar-refractivity contribution in [3.8, 4) is 33.6 Å². The van der Waals surface area contributed by atoms with E-state index >= 15 is 4.39 Å². The number of halogens is 1. The van der Waals surface area contributed by atoms with Crippen molar-refractivity contribution in [2.45, 2.75) is 34.1 Å². The van der Waals surface area contributed by atoms with E-state index in [1.807, 2.05) is 55.6 Å². The van der Waals surface area contributed by atoms with Gasteiger partial charge in [-0.2, -0.15) is 0 Å². The minimum absolute atomic E-state index is 0.175. The number of rotatable bonds is 4. The maximum absolute atomic E-state index is 15.5. The van der Waals surface area contributed by atoms with E-state index in [-0.39, 0.29) is 16.9 Å². The van der Waals surface area contributed by atoms with Gasteiger partial charge >= 0.3 is 0 Å². The zero-order valence-corrected chi connectivity index (χ0v) is 23.0. The van der Waals surface area contributed by atoms with Crippen LogP contribution in [0.15, 0.2) is 95.5 Å². The van der Waals surface area contributed by atoms with E-state index in [1.54, 1.807) is 6.07 Å². The molecule has 194 valence electrons. The maximum atomic E-state index is 15.5. The Labute approximate surface area is 228 Å². The van der Waals surface area contributed by atoms with E-state index < -0.39 is 0 Å². The third kappa shape index (κ3) is 4.72. The van der Waals surface area contributed by atoms with Crippen LogP contribution in [0.2, 0.25) is 0 Å². The topological polar surface area (TPSA) is 29.9 Å². The molecular formula is C35H32FN2O+. The van der Waals surface area contributed by atoms with Gasteiger partial charge in [0.1, 0.15) is 18.6 Å². The molecule has 0 aliphatic rings. The number of hydrogen-bond acceptors (Lipinski definition) is 2. The van der Waals surface area contributed by atoms with Crippen LogP contribution in [0.25, 0.3) is 55.7 Å². The lowest BCUT2D eigenvalue weighted by Crippen LogP contribution is -2.31. The molecule has 0 spiro atoms. The van der Waals surface area contributed by atoms with Gasteiger partial charge in [-0.15, -0.1) is 0 Å². The summed E-state index contributed by atoms with van der Waals surface area (Å²) in [5.74, 6) is -0.363. The average Bonchev–Trinajstić information content (AvgIpc) is 3.26. The molecule has 3 heterocycles. The van der Waals surface area contributed by atoms with Crippen LogP contribution in [0.5, 0.6) is 0 Å². The molecule has 0 N–H and O–H groups in total. The first-order chi connectivity index (χ1) is 18.7. The van der Waals surface area contributed by atoms with Crippen LogP contribution in [0, 0.1) is 18.2 Å². The van der Waals surface area contributed by atoms with Gasteiger partial charge in [-0.1, -0.05) is 87.5 Å². The molecule has 6 rings (SSSR count). The van der Waals surface area contributed by atoms with Crippen molar-refractivity contribution in [3.63, 3.8) is 0 Å². The van der Waals surface area contributed by atoms with Crippen molar-refractivity contribution in [1.82, 2.24) is 4.98 Å². The molecule has 0 atom stereocenters. The summed E-state index contributed by atoms with van der Waals surface area (Å²) in [6.07, 6.45) is 3.07. The van der Waals surface area contributed by atoms with Crippen molar-refractivity contribution < 1.29 is 13.4 Å². The van der Waals surface area contributed by atoms with E-state index in [0.717, 1.165) is 45.3 Å². The summed E-state index contributed by atoms with van der Waals surface area (Å²) in [4.78, 5) is 4.69. The summed E-state index contributed by atoms with van der Waals surface area (Å²) >= 11 is 0. The largest absolute Gasteiger partial charge is 0.437 e. The standard InChI is InChI=1S/C35H32FN2O/c1-22-11-16-27-28-20-29(36)32(26-14-12-25(13-15-26)24-9-7-6-8-10-24)37-34(28)39-33(27)31(22)30-19-23(17-18-38(30)5)21-35(2,3)4/h6-20H,21H2,1-5H3/q+1. The van der Waals surface area contributed by atoms with Crippen LogP contribution in [0.3, 0.4) is 0 Å². The smallest absolute Gasteiger partial charge is 0.228 e. The normalized spacial score (nSPS) is 11.9. The molecule has 0 amide bonds. The van der Waals surface area contributed by atoms with E-state index in [9.17, 15) is 0 Å². The number of nitrogens with zero attached hydrogens (tertiary/aromatic N) is 2. The van der Waals surface area contributed by atoms with Crippen LogP contribution in [0.1, 0.15) is 31.9 Å². The number of benzene rings is 3. The van der Waals surface area contributed by atoms with E-state index in [0.29, 0.717) is 16.7 Å². The Morgan fingerprint density at radius 1 is 0.821 bits per heavy atom. The Hall–Kier alpha value is -4.31. The minimum atomic E-state index is -0.363. The van der Waals surface area contributed by atoms with E-state index in [4.69, 9.17) is 4.42 Å². The molecule has 0 fully saturated rings. The van der Waals surface area contributed by atoms with Crippen LogP contribution in [-0.2, 0) is 13.5 Å². The van der Waals surface area contributed by atoms with Gasteiger partial charge in [0, 0.05) is 23.1 Å². The second-order valence-corrected chi connectivity index (χ2v) is 11.6. The zero-order valence-electron chi connectivity index (χ0n) is 23.0. The molecule has 39 heavy (non-hydrogen) atoms. The average molecular weight is 516 g/mol. The van der Waals surface area contributed by atoms with Gasteiger partial charge in [0.25, 0.3) is 0 Å². The molecule has 3 nitrogen and oxygen atoms in total. The fourth-order valence-electron chi connectivity index (χ4n) is 5.39. The number of fused-ring (bicyclic) bond motifs is 3. The fourth-order valence-corrected chi connectivity index (χ4v) is 5.39. The van der Waals surface area contributed by atoms with Crippen LogP contribution < -0.4 is 4.57 Å². The number of aryl methyl sites for hydroxylation is 2. The van der Waals surface area contributed by atoms with Crippen molar-refractivity contribution in [1.29, 1.82) is 0 Å². The third-order valence-electron chi connectivity index (χ3n) is 7.27. The zero-order chi connectivity index (χ0) is 27.3. The summed E-state index contributed by atoms with van der Waals surface area (Å²) in [5.41, 5.74) is 8.99. The lowest BCUT2D eigenvalue weighted by atomic mass is 9.88. The van der Waals surface area contributed by atoms with Crippen LogP contribution in [0.4, 0.5) is 4.39 Å². The molecule has 0 aliphatic carbocycles. The van der Waals surface area contributed by atoms with Crippen molar-refractivity contribution in [3.05, 3.63) is 108 Å². The highest BCUT2D eigenvalue weighted by Crippen LogP contribution is 2.38. The second kappa shape index (κ2) is 9.46. The number of hydrogen-bond donors (Lipinski definition) is 0. The predicted octanol–water partition coefficient (Wildman–Crippen LogP) is 8.84. The van der Waals surface area contributed by atoms with Crippen molar-refractivity contribution in [2.24, 2.45) is 12.5 Å². The van der Waals surface area contributed by atoms with Gasteiger partial charge in [-0.25, -0.2) is 13.9 Å². The summed E-state index contributed by atoms with van der Waals surface area (Å²) in [7, 11) is 2.05. The molecule has 0 bridgehead atoms. The van der Waals surface area contributed by atoms with Gasteiger partial charge in [0.05, 0.1) is 10.9 Å². The van der Waals surface area contributed by atoms with Gasteiger partial charge in [0.15, 0.2) is 11.8 Å². The molecule has 3 aromatic carbocycles. The van der Waals surface area contributed by atoms with Crippen molar-refractivity contribution in [2.75, 3.05) is 0 Å². The third-order valence-corrected chi connectivity index (χ3v) is 7.27. The molecule has 0 unspecified atom stereocenters. The summed E-state index contributed by atoms with van der Waals surface area (Å²) in [5, 5.41) is 1.55. The highest BCUT2D eigenvalue weighted by atomic mass is 19.1. The van der Waals surface area contributed by atoms with Gasteiger partial charge < -0.3 is 4.42 Å². The molecule has 4 heteroatoms. The lowest BCUT2D eigenvalue weighted by molar-refractivity contribution is -0.660. The summed E-state index contributed by atoms with van der Waals surface area (Å²) in [6, 6.07) is 28.0. The second-order valence-electron chi connectivity index (χ2n) is 11.6. The number of furan rings is 1. The highest BCUT2D eigenvalue weighted by molar-refractivity contribution is 6.09. The Morgan fingerprint density at radius 2 is 1.51 bits per heavy atom.